The molecule has 1 N–H and O–H groups in total. The maximum absolute atomic E-state index is 12.3. The minimum Gasteiger partial charge on any atom is -0.480 e. The molecule has 0 fully saturated rings. The number of hydrogen-bond acceptors (Lipinski definition) is 6. The summed E-state index contributed by atoms with van der Waals surface area (Å²) < 4.78 is 5.03. The van der Waals surface area contributed by atoms with Crippen LogP contribution in [0.3, 0.4) is 0 Å². The zero-order valence-electron chi connectivity index (χ0n) is 12.8. The van der Waals surface area contributed by atoms with Gasteiger partial charge in [0.2, 0.25) is 11.8 Å². The molecule has 0 saturated heterocycles. The number of nitrogens with one attached hydrogen (secondary N) is 1. The molecule has 1 atom stereocenters. The van der Waals surface area contributed by atoms with Gasteiger partial charge in [-0.15, -0.1) is 11.8 Å². The van der Waals surface area contributed by atoms with E-state index in [1.165, 1.54) is 25.1 Å². The van der Waals surface area contributed by atoms with Crippen LogP contribution in [0, 0.1) is 0 Å². The number of thioether (sulfide) groups is 1. The van der Waals surface area contributed by atoms with Crippen LogP contribution < -0.4 is 10.1 Å². The molecule has 1 unspecified atom stereocenters. The molecule has 24 heavy (non-hydrogen) atoms. The number of allylic oxidation sites excluding steroid dienone is 1. The molecular formula is C15H14N4O4S. The van der Waals surface area contributed by atoms with Crippen molar-refractivity contribution < 1.29 is 19.1 Å². The van der Waals surface area contributed by atoms with Crippen LogP contribution in [0.25, 0.3) is 0 Å². The summed E-state index contributed by atoms with van der Waals surface area (Å²) in [6.45, 7) is 0.170. The lowest BCUT2D eigenvalue weighted by molar-refractivity contribution is -0.126. The van der Waals surface area contributed by atoms with Crippen LogP contribution in [0.5, 0.6) is 5.88 Å². The van der Waals surface area contributed by atoms with E-state index in [4.69, 9.17) is 4.74 Å². The van der Waals surface area contributed by atoms with Crippen LogP contribution in [0.2, 0.25) is 0 Å². The van der Waals surface area contributed by atoms with E-state index in [9.17, 15) is 14.4 Å². The second-order valence-electron chi connectivity index (χ2n) is 4.94. The maximum Gasteiger partial charge on any atom is 0.350 e. The van der Waals surface area contributed by atoms with E-state index in [0.717, 1.165) is 4.90 Å². The quantitative estimate of drug-likeness (QED) is 0.848. The first-order chi connectivity index (χ1) is 11.6. The summed E-state index contributed by atoms with van der Waals surface area (Å²) in [5.74, 6) is -0.492. The number of pyridine rings is 1. The van der Waals surface area contributed by atoms with Crippen LogP contribution >= 0.6 is 11.8 Å². The number of ether oxygens (including phenoxy) is 1. The molecule has 0 radical (unpaired) electrons. The number of nitrogens with zero attached hydrogens (tertiary/aromatic N) is 3. The number of imide groups is 1. The topological polar surface area (TPSA) is 101 Å². The average molecular weight is 346 g/mol. The highest BCUT2D eigenvalue weighted by atomic mass is 32.2. The molecule has 4 amide bonds. The number of carbonyl (C=O) groups is 3. The largest absolute Gasteiger partial charge is 0.480 e. The van der Waals surface area contributed by atoms with Gasteiger partial charge in [0.15, 0.2) is 0 Å². The standard InChI is InChI=1S/C15H14N4O4S/c1-23-13-9(3-2-5-17-13)12(20)16-6-7-19-14(21)11-10(4-8-24-11)18-15(19)22/h2-5,8,11H,6-7H2,1H3,(H,16,20). The van der Waals surface area contributed by atoms with Crippen molar-refractivity contribution in [3.05, 3.63) is 35.4 Å². The molecule has 0 aromatic carbocycles. The zero-order chi connectivity index (χ0) is 17.1. The number of aromatic nitrogens is 1. The number of amides is 4. The van der Waals surface area contributed by atoms with Crippen molar-refractivity contribution in [2.75, 3.05) is 20.2 Å². The number of urea groups is 1. The predicted octanol–water partition coefficient (Wildman–Crippen LogP) is 0.852. The van der Waals surface area contributed by atoms with Gasteiger partial charge in [-0.05, 0) is 23.6 Å². The zero-order valence-corrected chi connectivity index (χ0v) is 13.6. The third-order valence-corrected chi connectivity index (χ3v) is 4.51. The monoisotopic (exact) mass is 346 g/mol. The van der Waals surface area contributed by atoms with Gasteiger partial charge in [-0.2, -0.15) is 4.99 Å². The minimum absolute atomic E-state index is 0.0554. The van der Waals surface area contributed by atoms with E-state index in [-0.39, 0.29) is 30.4 Å². The SMILES string of the molecule is COc1ncccc1C(=O)NCCN1C(=O)N=C2C=CSC2C1=O. The first kappa shape index (κ1) is 16.2. The first-order valence-electron chi connectivity index (χ1n) is 7.15. The summed E-state index contributed by atoms with van der Waals surface area (Å²) in [4.78, 5) is 45.2. The molecule has 1 aromatic rings. The number of rotatable bonds is 5. The lowest BCUT2D eigenvalue weighted by Crippen LogP contribution is -2.49. The third kappa shape index (κ3) is 3.02. The lowest BCUT2D eigenvalue weighted by atomic mass is 10.2. The van der Waals surface area contributed by atoms with Crippen LogP contribution in [0.1, 0.15) is 10.4 Å². The first-order valence-corrected chi connectivity index (χ1v) is 8.09. The summed E-state index contributed by atoms with van der Waals surface area (Å²) in [6.07, 6.45) is 3.18. The number of aliphatic imine (C=N–C) groups is 1. The summed E-state index contributed by atoms with van der Waals surface area (Å²) >= 11 is 1.31. The number of methoxy groups -OCH3 is 1. The van der Waals surface area contributed by atoms with E-state index in [0.29, 0.717) is 5.71 Å². The molecule has 1 aromatic heterocycles. The lowest BCUT2D eigenvalue weighted by Gasteiger charge is -2.25. The molecule has 9 heteroatoms. The fraction of sp³-hybridized carbons (Fsp3) is 0.267. The molecule has 0 aliphatic carbocycles. The Morgan fingerprint density at radius 2 is 2.29 bits per heavy atom. The Morgan fingerprint density at radius 1 is 1.46 bits per heavy atom. The Bertz CT molecular complexity index is 762. The number of carbonyl (C=O) groups excluding carboxylic acids is 3. The van der Waals surface area contributed by atoms with Crippen molar-refractivity contribution in [2.45, 2.75) is 5.25 Å². The summed E-state index contributed by atoms with van der Waals surface area (Å²) in [5.41, 5.74) is 0.766. The van der Waals surface area contributed by atoms with Crippen molar-refractivity contribution in [2.24, 2.45) is 4.99 Å². The molecule has 124 valence electrons. The molecule has 8 nitrogen and oxygen atoms in total. The fourth-order valence-corrected chi connectivity index (χ4v) is 3.23. The Kier molecular flexibility index (Phi) is 4.61. The van der Waals surface area contributed by atoms with E-state index < -0.39 is 17.2 Å². The molecule has 3 heterocycles. The van der Waals surface area contributed by atoms with Crippen molar-refractivity contribution in [1.82, 2.24) is 15.2 Å². The van der Waals surface area contributed by atoms with Gasteiger partial charge in [0.05, 0.1) is 12.8 Å². The van der Waals surface area contributed by atoms with Crippen molar-refractivity contribution in [3.63, 3.8) is 0 Å². The minimum atomic E-state index is -0.605. The maximum atomic E-state index is 12.3. The fourth-order valence-electron chi connectivity index (χ4n) is 2.34. The van der Waals surface area contributed by atoms with E-state index in [1.54, 1.807) is 23.6 Å². The van der Waals surface area contributed by atoms with Crippen LogP contribution in [0.4, 0.5) is 4.79 Å². The van der Waals surface area contributed by atoms with Gasteiger partial charge in [0, 0.05) is 19.3 Å². The van der Waals surface area contributed by atoms with Crippen LogP contribution in [-0.2, 0) is 4.79 Å². The molecule has 2 aliphatic rings. The average Bonchev–Trinajstić information content (AvgIpc) is 3.06. The van der Waals surface area contributed by atoms with Gasteiger partial charge in [-0.1, -0.05) is 0 Å². The smallest absolute Gasteiger partial charge is 0.350 e. The second-order valence-corrected chi connectivity index (χ2v) is 5.96. The Morgan fingerprint density at radius 3 is 3.08 bits per heavy atom. The van der Waals surface area contributed by atoms with Gasteiger partial charge in [-0.3, -0.25) is 14.5 Å². The van der Waals surface area contributed by atoms with Crippen molar-refractivity contribution in [3.8, 4) is 5.88 Å². The Hall–Kier alpha value is -2.68. The molecule has 0 saturated carbocycles. The van der Waals surface area contributed by atoms with Gasteiger partial charge < -0.3 is 10.1 Å². The molecule has 0 spiro atoms. The van der Waals surface area contributed by atoms with Gasteiger partial charge in [0.25, 0.3) is 5.91 Å². The van der Waals surface area contributed by atoms with Crippen LogP contribution in [0.15, 0.2) is 34.8 Å². The van der Waals surface area contributed by atoms with Gasteiger partial charge in [-0.25, -0.2) is 9.78 Å². The molecule has 2 aliphatic heterocycles. The second kappa shape index (κ2) is 6.83. The van der Waals surface area contributed by atoms with E-state index in [2.05, 4.69) is 15.3 Å². The highest BCUT2D eigenvalue weighted by molar-refractivity contribution is 8.04. The number of hydrogen-bond donors (Lipinski definition) is 1. The van der Waals surface area contributed by atoms with Crippen molar-refractivity contribution in [1.29, 1.82) is 0 Å². The van der Waals surface area contributed by atoms with Gasteiger partial charge >= 0.3 is 6.03 Å². The third-order valence-electron chi connectivity index (χ3n) is 3.50. The molecule has 3 rings (SSSR count). The summed E-state index contributed by atoms with van der Waals surface area (Å²) in [7, 11) is 1.42. The molecular weight excluding hydrogens is 332 g/mol. The Labute approximate surface area is 142 Å². The normalized spacial score (nSPS) is 19.1. The van der Waals surface area contributed by atoms with Crippen LogP contribution in [-0.4, -0.2) is 58.9 Å². The predicted molar refractivity (Wildman–Crippen MR) is 88.2 cm³/mol. The van der Waals surface area contributed by atoms with E-state index >= 15 is 0 Å². The Balaban J connectivity index is 1.60. The summed E-state index contributed by atoms with van der Waals surface area (Å²) in [5, 5.41) is 3.93. The van der Waals surface area contributed by atoms with E-state index in [1.807, 2.05) is 0 Å². The highest BCUT2D eigenvalue weighted by Crippen LogP contribution is 2.27. The molecule has 0 bridgehead atoms. The van der Waals surface area contributed by atoms with Gasteiger partial charge in [0.1, 0.15) is 10.8 Å². The summed E-state index contributed by atoms with van der Waals surface area (Å²) in [6, 6.07) is 2.59. The number of fused-ring (bicyclic) bond motifs is 1. The van der Waals surface area contributed by atoms with Crippen molar-refractivity contribution >= 4 is 35.3 Å². The highest BCUT2D eigenvalue weighted by Gasteiger charge is 2.38.